The van der Waals surface area contributed by atoms with E-state index in [1.54, 1.807) is 11.6 Å². The minimum atomic E-state index is -0.712. The van der Waals surface area contributed by atoms with Crippen LogP contribution in [0.1, 0.15) is 101 Å². The number of hydrogen-bond donors (Lipinski definition) is 0. The lowest BCUT2D eigenvalue weighted by Crippen LogP contribution is -2.17. The van der Waals surface area contributed by atoms with Crippen molar-refractivity contribution in [1.82, 2.24) is 0 Å². The minimum absolute atomic E-state index is 0.712. The molecule has 0 spiro atoms. The Kier molecular flexibility index (Phi) is 9.85. The molecule has 0 unspecified atom stereocenters. The molecule has 1 nitrogen and oxygen atoms in total. The highest BCUT2D eigenvalue weighted by atomic mass is 19.1. The summed E-state index contributed by atoms with van der Waals surface area (Å²) in [6, 6.07) is 10.9. The van der Waals surface area contributed by atoms with Crippen molar-refractivity contribution in [3.05, 3.63) is 59.4 Å². The molecular weight excluding hydrogens is 381 g/mol. The van der Waals surface area contributed by atoms with E-state index in [2.05, 4.69) is 31.2 Å². The fourth-order valence-corrected chi connectivity index (χ4v) is 5.71. The summed E-state index contributed by atoms with van der Waals surface area (Å²) in [5.74, 6) is 2.81. The Bertz CT molecular complexity index is 738. The number of nitrogens with zero attached hydrogens (tertiary/aromatic N) is 1. The number of allylic oxidation sites excluding steroid dienone is 4. The summed E-state index contributed by atoms with van der Waals surface area (Å²) in [5, 5.41) is 8.39. The molecule has 0 saturated heterocycles. The van der Waals surface area contributed by atoms with E-state index < -0.39 is 5.83 Å². The lowest BCUT2D eigenvalue weighted by Gasteiger charge is -2.32. The molecule has 2 aliphatic carbocycles. The van der Waals surface area contributed by atoms with Gasteiger partial charge in [-0.25, -0.2) is 0 Å². The van der Waals surface area contributed by atoms with Gasteiger partial charge in [-0.1, -0.05) is 81.9 Å². The van der Waals surface area contributed by atoms with Crippen LogP contribution in [-0.2, 0) is 6.42 Å². The summed E-state index contributed by atoms with van der Waals surface area (Å²) in [4.78, 5) is 0. The first-order valence-electron chi connectivity index (χ1n) is 12.7. The number of nitriles is 1. The van der Waals surface area contributed by atoms with E-state index in [1.165, 1.54) is 88.3 Å². The van der Waals surface area contributed by atoms with Crippen LogP contribution in [0.15, 0.2) is 48.3 Å². The maximum Gasteiger partial charge on any atom is 0.199 e. The van der Waals surface area contributed by atoms with Crippen molar-refractivity contribution in [2.24, 2.45) is 17.8 Å². The van der Waals surface area contributed by atoms with Gasteiger partial charge in [0, 0.05) is 0 Å². The van der Waals surface area contributed by atoms with E-state index >= 15 is 0 Å². The average Bonchev–Trinajstić information content (AvgIpc) is 2.83. The van der Waals surface area contributed by atoms with Gasteiger partial charge in [0.25, 0.3) is 0 Å². The smallest absolute Gasteiger partial charge is 0.195 e. The Morgan fingerprint density at radius 3 is 2.00 bits per heavy atom. The quantitative estimate of drug-likeness (QED) is 0.288. The van der Waals surface area contributed by atoms with Crippen molar-refractivity contribution in [1.29, 1.82) is 5.26 Å². The predicted molar refractivity (Wildman–Crippen MR) is 128 cm³/mol. The zero-order valence-electron chi connectivity index (χ0n) is 19.4. The molecule has 0 N–H and O–H groups in total. The van der Waals surface area contributed by atoms with Gasteiger partial charge in [-0.2, -0.15) is 9.65 Å². The molecule has 2 aliphatic rings. The third-order valence-electron chi connectivity index (χ3n) is 7.88. The number of aryl methyl sites for hydroxylation is 1. The van der Waals surface area contributed by atoms with Gasteiger partial charge in [0.1, 0.15) is 6.07 Å². The molecule has 0 bridgehead atoms. The van der Waals surface area contributed by atoms with Gasteiger partial charge < -0.3 is 0 Å². The third kappa shape index (κ3) is 7.95. The summed E-state index contributed by atoms with van der Waals surface area (Å²) >= 11 is 0. The second-order valence-electron chi connectivity index (χ2n) is 9.91. The Hall–Kier alpha value is -1.88. The highest BCUT2D eigenvalue weighted by Gasteiger charge is 2.25. The van der Waals surface area contributed by atoms with Crippen molar-refractivity contribution in [2.75, 3.05) is 0 Å². The second-order valence-corrected chi connectivity index (χ2v) is 9.91. The molecule has 1 aromatic rings. The molecular formula is C29H40FN. The Balaban J connectivity index is 1.28. The van der Waals surface area contributed by atoms with E-state index in [0.717, 1.165) is 36.5 Å². The van der Waals surface area contributed by atoms with E-state index in [9.17, 15) is 4.39 Å². The summed E-state index contributed by atoms with van der Waals surface area (Å²) < 4.78 is 12.7. The molecule has 2 heteroatoms. The van der Waals surface area contributed by atoms with Crippen LogP contribution in [0, 0.1) is 29.1 Å². The summed E-state index contributed by atoms with van der Waals surface area (Å²) in [7, 11) is 0. The Labute approximate surface area is 189 Å². The van der Waals surface area contributed by atoms with Crippen LogP contribution in [-0.4, -0.2) is 0 Å². The van der Waals surface area contributed by atoms with Gasteiger partial charge >= 0.3 is 0 Å². The topological polar surface area (TPSA) is 23.8 Å². The van der Waals surface area contributed by atoms with Crippen molar-refractivity contribution >= 4 is 0 Å². The summed E-state index contributed by atoms with van der Waals surface area (Å²) in [5.41, 5.74) is 3.02. The third-order valence-corrected chi connectivity index (χ3v) is 7.88. The molecule has 2 saturated carbocycles. The molecule has 0 aliphatic heterocycles. The maximum atomic E-state index is 12.7. The van der Waals surface area contributed by atoms with Crippen molar-refractivity contribution in [3.8, 4) is 6.07 Å². The van der Waals surface area contributed by atoms with Crippen LogP contribution in [0.5, 0.6) is 0 Å². The van der Waals surface area contributed by atoms with Gasteiger partial charge in [-0.3, -0.25) is 0 Å². The Morgan fingerprint density at radius 2 is 1.45 bits per heavy atom. The lowest BCUT2D eigenvalue weighted by molar-refractivity contribution is 0.225. The molecule has 0 aromatic heterocycles. The van der Waals surface area contributed by atoms with Crippen LogP contribution in [0.3, 0.4) is 0 Å². The molecule has 0 heterocycles. The highest BCUT2D eigenvalue weighted by molar-refractivity contribution is 5.25. The van der Waals surface area contributed by atoms with Gasteiger partial charge in [0.05, 0.1) is 0 Å². The molecule has 31 heavy (non-hydrogen) atoms. The first-order chi connectivity index (χ1) is 15.2. The van der Waals surface area contributed by atoms with Crippen LogP contribution in [0.2, 0.25) is 0 Å². The number of rotatable bonds is 9. The zero-order valence-corrected chi connectivity index (χ0v) is 19.4. The van der Waals surface area contributed by atoms with Crippen molar-refractivity contribution in [3.63, 3.8) is 0 Å². The van der Waals surface area contributed by atoms with Gasteiger partial charge in [-0.05, 0) is 85.8 Å². The van der Waals surface area contributed by atoms with Crippen LogP contribution in [0.25, 0.3) is 0 Å². The van der Waals surface area contributed by atoms with Gasteiger partial charge in [0.15, 0.2) is 5.83 Å². The normalized spacial score (nSPS) is 27.3. The standard InChI is InChI=1S/C29H40FN/c1-2-23-14-18-27(19-15-23)28-20-16-26(17-21-28)13-12-25-10-8-24(9-11-25)6-4-3-5-7-29(30)22-31/h3,5,7,14-15,18-19,24-26,28H,2,4,6,8-13,16-17,20-21H2,1H3. The maximum absolute atomic E-state index is 12.7. The monoisotopic (exact) mass is 421 g/mol. The predicted octanol–water partition coefficient (Wildman–Crippen LogP) is 8.82. The molecule has 2 fully saturated rings. The van der Waals surface area contributed by atoms with Gasteiger partial charge in [-0.15, -0.1) is 0 Å². The largest absolute Gasteiger partial charge is 0.199 e. The van der Waals surface area contributed by atoms with Crippen LogP contribution >= 0.6 is 0 Å². The molecule has 0 amide bonds. The SMILES string of the molecule is CCc1ccc(C2CCC(CCC3CCC(CCC=CC=C(F)C#N)CC3)CC2)cc1. The second kappa shape index (κ2) is 12.8. The van der Waals surface area contributed by atoms with E-state index in [1.807, 2.05) is 6.08 Å². The number of halogens is 1. The first-order valence-corrected chi connectivity index (χ1v) is 12.7. The summed E-state index contributed by atoms with van der Waals surface area (Å²) in [6.07, 6.45) is 22.3. The zero-order chi connectivity index (χ0) is 21.9. The van der Waals surface area contributed by atoms with Crippen LogP contribution < -0.4 is 0 Å². The van der Waals surface area contributed by atoms with E-state index in [-0.39, 0.29) is 0 Å². The molecule has 0 atom stereocenters. The Morgan fingerprint density at radius 1 is 0.903 bits per heavy atom. The first kappa shape index (κ1) is 23.8. The highest BCUT2D eigenvalue weighted by Crippen LogP contribution is 2.40. The van der Waals surface area contributed by atoms with Crippen molar-refractivity contribution < 1.29 is 4.39 Å². The fourth-order valence-electron chi connectivity index (χ4n) is 5.71. The lowest BCUT2D eigenvalue weighted by atomic mass is 9.74. The van der Waals surface area contributed by atoms with Gasteiger partial charge in [0.2, 0.25) is 0 Å². The molecule has 3 rings (SSSR count). The van der Waals surface area contributed by atoms with Crippen LogP contribution in [0.4, 0.5) is 4.39 Å². The van der Waals surface area contributed by atoms with E-state index in [4.69, 9.17) is 5.26 Å². The minimum Gasteiger partial charge on any atom is -0.195 e. The molecule has 0 radical (unpaired) electrons. The average molecular weight is 422 g/mol. The van der Waals surface area contributed by atoms with E-state index in [0.29, 0.717) is 0 Å². The van der Waals surface area contributed by atoms with Crippen molar-refractivity contribution in [2.45, 2.75) is 96.3 Å². The number of hydrogen-bond acceptors (Lipinski definition) is 1. The summed E-state index contributed by atoms with van der Waals surface area (Å²) in [6.45, 7) is 2.23. The molecule has 1 aromatic carbocycles. The molecule has 168 valence electrons. The fraction of sp³-hybridized carbons (Fsp3) is 0.621. The number of benzene rings is 1.